The Hall–Kier alpha value is -1.50. The van der Waals surface area contributed by atoms with Gasteiger partial charge in [-0.05, 0) is 12.0 Å². The van der Waals surface area contributed by atoms with Gasteiger partial charge in [-0.1, -0.05) is 13.8 Å². The van der Waals surface area contributed by atoms with Gasteiger partial charge in [-0.2, -0.15) is 18.2 Å². The Kier molecular flexibility index (Phi) is 4.17. The Labute approximate surface area is 96.9 Å². The van der Waals surface area contributed by atoms with E-state index in [0.29, 0.717) is 6.61 Å². The number of nitrogen functional groups attached to an aromatic ring is 1. The average molecular weight is 249 g/mol. The standard InChI is InChI=1S/C10H14F3N3O/c1-6(2)5-17-9-4-7(10(11,12)13)3-8(15-9)16-14/h3-4,6H,5,14H2,1-2H3,(H,15,16). The number of nitrogens with one attached hydrogen (secondary N) is 1. The third-order valence-electron chi connectivity index (χ3n) is 1.84. The summed E-state index contributed by atoms with van der Waals surface area (Å²) in [4.78, 5) is 3.78. The number of hydrazine groups is 1. The summed E-state index contributed by atoms with van der Waals surface area (Å²) in [6.45, 7) is 4.06. The second-order valence-corrected chi connectivity index (χ2v) is 3.93. The number of hydrogen-bond acceptors (Lipinski definition) is 4. The number of aromatic nitrogens is 1. The lowest BCUT2D eigenvalue weighted by Gasteiger charge is -2.12. The zero-order valence-corrected chi connectivity index (χ0v) is 9.51. The number of halogens is 3. The molecule has 1 aromatic rings. The van der Waals surface area contributed by atoms with Crippen molar-refractivity contribution >= 4 is 5.82 Å². The molecule has 0 fully saturated rings. The van der Waals surface area contributed by atoms with E-state index in [1.807, 2.05) is 13.8 Å². The van der Waals surface area contributed by atoms with Gasteiger partial charge in [-0.25, -0.2) is 5.84 Å². The summed E-state index contributed by atoms with van der Waals surface area (Å²) in [5, 5.41) is 0. The molecular weight excluding hydrogens is 235 g/mol. The lowest BCUT2D eigenvalue weighted by atomic mass is 10.2. The number of nitrogens with zero attached hydrogens (tertiary/aromatic N) is 1. The van der Waals surface area contributed by atoms with Gasteiger partial charge in [0, 0.05) is 6.07 Å². The second-order valence-electron chi connectivity index (χ2n) is 3.93. The van der Waals surface area contributed by atoms with Crippen molar-refractivity contribution in [2.75, 3.05) is 12.0 Å². The molecule has 1 aromatic heterocycles. The Balaban J connectivity index is 2.97. The first-order chi connectivity index (χ1) is 7.82. The molecule has 0 radical (unpaired) electrons. The van der Waals surface area contributed by atoms with Crippen LogP contribution in [0.15, 0.2) is 12.1 Å². The molecule has 0 saturated carbocycles. The van der Waals surface area contributed by atoms with Crippen molar-refractivity contribution in [2.24, 2.45) is 11.8 Å². The van der Waals surface area contributed by atoms with Crippen molar-refractivity contribution in [3.8, 4) is 5.88 Å². The molecule has 7 heteroatoms. The minimum Gasteiger partial charge on any atom is -0.477 e. The molecule has 0 aliphatic heterocycles. The van der Waals surface area contributed by atoms with Gasteiger partial charge in [0.1, 0.15) is 5.82 Å². The molecule has 0 aromatic carbocycles. The van der Waals surface area contributed by atoms with Crippen LogP contribution in [0.3, 0.4) is 0 Å². The highest BCUT2D eigenvalue weighted by molar-refractivity contribution is 5.41. The Bertz CT molecular complexity index is 380. The van der Waals surface area contributed by atoms with Crippen molar-refractivity contribution < 1.29 is 17.9 Å². The predicted octanol–water partition coefficient (Wildman–Crippen LogP) is 2.42. The van der Waals surface area contributed by atoms with Crippen molar-refractivity contribution in [3.05, 3.63) is 17.7 Å². The van der Waals surface area contributed by atoms with E-state index in [0.717, 1.165) is 12.1 Å². The van der Waals surface area contributed by atoms with E-state index >= 15 is 0 Å². The van der Waals surface area contributed by atoms with E-state index < -0.39 is 11.7 Å². The molecule has 0 saturated heterocycles. The van der Waals surface area contributed by atoms with E-state index in [1.165, 1.54) is 0 Å². The molecule has 0 spiro atoms. The average Bonchev–Trinajstić information content (AvgIpc) is 2.24. The van der Waals surface area contributed by atoms with Gasteiger partial charge in [0.2, 0.25) is 5.88 Å². The van der Waals surface area contributed by atoms with Crippen LogP contribution in [-0.4, -0.2) is 11.6 Å². The molecule has 3 N–H and O–H groups in total. The third-order valence-corrected chi connectivity index (χ3v) is 1.84. The first-order valence-corrected chi connectivity index (χ1v) is 5.01. The van der Waals surface area contributed by atoms with Crippen molar-refractivity contribution in [2.45, 2.75) is 20.0 Å². The van der Waals surface area contributed by atoms with Crippen LogP contribution in [-0.2, 0) is 6.18 Å². The normalized spacial score (nSPS) is 11.7. The van der Waals surface area contributed by atoms with Gasteiger partial charge in [-0.3, -0.25) is 0 Å². The smallest absolute Gasteiger partial charge is 0.416 e. The first-order valence-electron chi connectivity index (χ1n) is 5.01. The maximum absolute atomic E-state index is 12.5. The Morgan fingerprint density at radius 2 is 2.06 bits per heavy atom. The fourth-order valence-electron chi connectivity index (χ4n) is 1.07. The lowest BCUT2D eigenvalue weighted by molar-refractivity contribution is -0.137. The number of alkyl halides is 3. The van der Waals surface area contributed by atoms with Gasteiger partial charge in [0.05, 0.1) is 12.2 Å². The van der Waals surface area contributed by atoms with Crippen molar-refractivity contribution in [1.82, 2.24) is 4.98 Å². The zero-order valence-electron chi connectivity index (χ0n) is 9.51. The van der Waals surface area contributed by atoms with Gasteiger partial charge < -0.3 is 10.2 Å². The fraction of sp³-hybridized carbons (Fsp3) is 0.500. The fourth-order valence-corrected chi connectivity index (χ4v) is 1.07. The largest absolute Gasteiger partial charge is 0.477 e. The van der Waals surface area contributed by atoms with E-state index in [2.05, 4.69) is 10.4 Å². The Morgan fingerprint density at radius 3 is 2.53 bits per heavy atom. The van der Waals surface area contributed by atoms with Crippen LogP contribution in [0.5, 0.6) is 5.88 Å². The lowest BCUT2D eigenvalue weighted by Crippen LogP contribution is -2.14. The number of nitrogens with two attached hydrogens (primary N) is 1. The number of pyridine rings is 1. The number of ether oxygens (including phenoxy) is 1. The van der Waals surface area contributed by atoms with Crippen LogP contribution in [0.1, 0.15) is 19.4 Å². The molecule has 1 rings (SSSR count). The molecule has 4 nitrogen and oxygen atoms in total. The van der Waals surface area contributed by atoms with Crippen LogP contribution in [0.2, 0.25) is 0 Å². The van der Waals surface area contributed by atoms with Crippen LogP contribution < -0.4 is 16.0 Å². The molecule has 0 aliphatic carbocycles. The predicted molar refractivity (Wildman–Crippen MR) is 57.4 cm³/mol. The molecule has 0 aliphatic rings. The SMILES string of the molecule is CC(C)COc1cc(C(F)(F)F)cc(NN)n1. The van der Waals surface area contributed by atoms with Crippen molar-refractivity contribution in [1.29, 1.82) is 0 Å². The molecule has 17 heavy (non-hydrogen) atoms. The van der Waals surface area contributed by atoms with E-state index in [4.69, 9.17) is 10.6 Å². The number of anilines is 1. The van der Waals surface area contributed by atoms with E-state index in [-0.39, 0.29) is 17.6 Å². The van der Waals surface area contributed by atoms with Crippen LogP contribution in [0.25, 0.3) is 0 Å². The Morgan fingerprint density at radius 1 is 1.41 bits per heavy atom. The summed E-state index contributed by atoms with van der Waals surface area (Å²) >= 11 is 0. The quantitative estimate of drug-likeness (QED) is 0.635. The van der Waals surface area contributed by atoms with Crippen LogP contribution in [0, 0.1) is 5.92 Å². The van der Waals surface area contributed by atoms with Gasteiger partial charge >= 0.3 is 6.18 Å². The molecule has 0 unspecified atom stereocenters. The minimum absolute atomic E-state index is 0.0846. The maximum atomic E-state index is 12.5. The summed E-state index contributed by atoms with van der Waals surface area (Å²) in [5.74, 6) is 5.07. The first kappa shape index (κ1) is 13.6. The zero-order chi connectivity index (χ0) is 13.1. The van der Waals surface area contributed by atoms with Gasteiger partial charge in [-0.15, -0.1) is 0 Å². The van der Waals surface area contributed by atoms with Gasteiger partial charge in [0.25, 0.3) is 0 Å². The molecule has 1 heterocycles. The minimum atomic E-state index is -4.45. The monoisotopic (exact) mass is 249 g/mol. The molecular formula is C10H14F3N3O. The summed E-state index contributed by atoms with van der Waals surface area (Å²) in [7, 11) is 0. The summed E-state index contributed by atoms with van der Waals surface area (Å²) in [6.07, 6.45) is -4.45. The highest BCUT2D eigenvalue weighted by Gasteiger charge is 2.31. The third kappa shape index (κ3) is 4.10. The van der Waals surface area contributed by atoms with Gasteiger partial charge in [0.15, 0.2) is 0 Å². The molecule has 0 atom stereocenters. The highest BCUT2D eigenvalue weighted by Crippen LogP contribution is 2.32. The summed E-state index contributed by atoms with van der Waals surface area (Å²) < 4.78 is 42.7. The number of rotatable bonds is 4. The summed E-state index contributed by atoms with van der Waals surface area (Å²) in [6, 6.07) is 1.67. The molecule has 96 valence electrons. The molecule has 0 bridgehead atoms. The molecule has 0 amide bonds. The highest BCUT2D eigenvalue weighted by atomic mass is 19.4. The summed E-state index contributed by atoms with van der Waals surface area (Å²) in [5.41, 5.74) is 1.23. The maximum Gasteiger partial charge on any atom is 0.416 e. The number of hydrogen-bond donors (Lipinski definition) is 2. The van der Waals surface area contributed by atoms with Crippen molar-refractivity contribution in [3.63, 3.8) is 0 Å². The van der Waals surface area contributed by atoms with Crippen LogP contribution in [0.4, 0.5) is 19.0 Å². The van der Waals surface area contributed by atoms with E-state index in [9.17, 15) is 13.2 Å². The van der Waals surface area contributed by atoms with Crippen LogP contribution >= 0.6 is 0 Å². The van der Waals surface area contributed by atoms with E-state index in [1.54, 1.807) is 0 Å². The topological polar surface area (TPSA) is 60.2 Å². The second kappa shape index (κ2) is 5.22.